The Morgan fingerprint density at radius 2 is 2.36 bits per heavy atom. The molecule has 2 rings (SSSR count). The van der Waals surface area contributed by atoms with Crippen LogP contribution in [-0.2, 0) is 6.54 Å². The molecule has 0 amide bonds. The summed E-state index contributed by atoms with van der Waals surface area (Å²) in [5.74, 6) is 0.849. The van der Waals surface area contributed by atoms with E-state index < -0.39 is 0 Å². The monoisotopic (exact) mass is 256 g/mol. The van der Waals surface area contributed by atoms with E-state index in [1.807, 2.05) is 6.92 Å². The van der Waals surface area contributed by atoms with Gasteiger partial charge in [-0.1, -0.05) is 12.8 Å². The van der Waals surface area contributed by atoms with Crippen molar-refractivity contribution < 1.29 is 0 Å². The average Bonchev–Trinajstić information content (AvgIpc) is 2.97. The minimum atomic E-state index is 0.0400. The zero-order valence-electron chi connectivity index (χ0n) is 8.16. The summed E-state index contributed by atoms with van der Waals surface area (Å²) in [4.78, 5) is 15.9. The second-order valence-electron chi connectivity index (χ2n) is 3.87. The van der Waals surface area contributed by atoms with Crippen LogP contribution in [0, 0.1) is 12.8 Å². The molecule has 1 saturated carbocycles. The molecule has 1 fully saturated rings. The van der Waals surface area contributed by atoms with Crippen LogP contribution in [0.3, 0.4) is 0 Å². The Kier molecular flexibility index (Phi) is 2.72. The highest BCUT2D eigenvalue weighted by Crippen LogP contribution is 2.32. The average molecular weight is 257 g/mol. The van der Waals surface area contributed by atoms with Gasteiger partial charge in [0, 0.05) is 6.54 Å². The predicted octanol–water partition coefficient (Wildman–Crippen LogP) is 2.11. The minimum absolute atomic E-state index is 0.0400. The first kappa shape index (κ1) is 9.90. The molecule has 0 saturated heterocycles. The van der Waals surface area contributed by atoms with Gasteiger partial charge in [-0.15, -0.1) is 0 Å². The molecule has 4 heteroatoms. The fourth-order valence-corrected chi connectivity index (χ4v) is 1.76. The molecular formula is C10H13BrN2O. The van der Waals surface area contributed by atoms with Gasteiger partial charge in [0.1, 0.15) is 4.47 Å². The van der Waals surface area contributed by atoms with Crippen molar-refractivity contribution in [1.82, 2.24) is 9.55 Å². The van der Waals surface area contributed by atoms with E-state index in [0.29, 0.717) is 4.47 Å². The number of nitrogens with zero attached hydrogens (tertiary/aromatic N) is 2. The van der Waals surface area contributed by atoms with Gasteiger partial charge in [0.15, 0.2) is 0 Å². The summed E-state index contributed by atoms with van der Waals surface area (Å²) in [7, 11) is 0. The van der Waals surface area contributed by atoms with Gasteiger partial charge in [0.25, 0.3) is 5.56 Å². The molecule has 1 heterocycles. The molecule has 0 aromatic carbocycles. The lowest BCUT2D eigenvalue weighted by atomic mass is 10.3. The molecule has 14 heavy (non-hydrogen) atoms. The van der Waals surface area contributed by atoms with Gasteiger partial charge in [0.05, 0.1) is 12.0 Å². The Morgan fingerprint density at radius 1 is 1.64 bits per heavy atom. The third kappa shape index (κ3) is 2.05. The van der Waals surface area contributed by atoms with E-state index in [9.17, 15) is 4.79 Å². The maximum Gasteiger partial charge on any atom is 0.267 e. The van der Waals surface area contributed by atoms with E-state index in [-0.39, 0.29) is 5.56 Å². The lowest BCUT2D eigenvalue weighted by Gasteiger charge is -2.05. The van der Waals surface area contributed by atoms with Crippen molar-refractivity contribution in [3.8, 4) is 0 Å². The first-order valence-corrected chi connectivity index (χ1v) is 5.69. The molecule has 0 bridgehead atoms. The van der Waals surface area contributed by atoms with Gasteiger partial charge in [-0.25, -0.2) is 4.98 Å². The molecule has 1 aromatic heterocycles. The van der Waals surface area contributed by atoms with Crippen LogP contribution in [0.4, 0.5) is 0 Å². The van der Waals surface area contributed by atoms with E-state index in [1.54, 1.807) is 10.9 Å². The van der Waals surface area contributed by atoms with Crippen LogP contribution in [0.5, 0.6) is 0 Å². The first-order valence-electron chi connectivity index (χ1n) is 4.90. The van der Waals surface area contributed by atoms with Crippen molar-refractivity contribution in [2.24, 2.45) is 5.92 Å². The molecule has 1 aliphatic rings. The van der Waals surface area contributed by atoms with E-state index >= 15 is 0 Å². The van der Waals surface area contributed by atoms with E-state index in [4.69, 9.17) is 0 Å². The smallest absolute Gasteiger partial charge is 0.267 e. The van der Waals surface area contributed by atoms with Crippen molar-refractivity contribution in [1.29, 1.82) is 0 Å². The van der Waals surface area contributed by atoms with Crippen LogP contribution >= 0.6 is 15.9 Å². The number of rotatable bonds is 3. The Morgan fingerprint density at radius 3 is 3.00 bits per heavy atom. The number of hydrogen-bond acceptors (Lipinski definition) is 2. The van der Waals surface area contributed by atoms with Crippen LogP contribution in [0.1, 0.15) is 25.0 Å². The zero-order chi connectivity index (χ0) is 10.1. The number of halogens is 1. The number of hydrogen-bond donors (Lipinski definition) is 0. The Labute approximate surface area is 91.3 Å². The first-order chi connectivity index (χ1) is 6.68. The van der Waals surface area contributed by atoms with Crippen molar-refractivity contribution >= 4 is 15.9 Å². The summed E-state index contributed by atoms with van der Waals surface area (Å²) in [5, 5.41) is 0. The molecule has 0 atom stereocenters. The molecule has 0 N–H and O–H groups in total. The van der Waals surface area contributed by atoms with Crippen LogP contribution in [0.2, 0.25) is 0 Å². The highest BCUT2D eigenvalue weighted by molar-refractivity contribution is 9.10. The molecule has 0 unspecified atom stereocenters. The number of aromatic nitrogens is 2. The molecule has 76 valence electrons. The highest BCUT2D eigenvalue weighted by Gasteiger charge is 2.20. The topological polar surface area (TPSA) is 34.9 Å². The fourth-order valence-electron chi connectivity index (χ4n) is 1.43. The Hall–Kier alpha value is -0.640. The Bertz CT molecular complexity index is 396. The maximum absolute atomic E-state index is 11.7. The normalized spacial score (nSPS) is 15.9. The molecular weight excluding hydrogens is 244 g/mol. The fraction of sp³-hybridized carbons (Fsp3) is 0.600. The van der Waals surface area contributed by atoms with Gasteiger partial charge >= 0.3 is 0 Å². The summed E-state index contributed by atoms with van der Waals surface area (Å²) in [5.41, 5.74) is 0.802. The second kappa shape index (κ2) is 3.85. The van der Waals surface area contributed by atoms with Crippen molar-refractivity contribution in [3.63, 3.8) is 0 Å². The lowest BCUT2D eigenvalue weighted by Crippen LogP contribution is -2.22. The van der Waals surface area contributed by atoms with E-state index in [2.05, 4.69) is 20.9 Å². The molecule has 0 radical (unpaired) electrons. The SMILES string of the molecule is Cc1ncn(CCC2CC2)c(=O)c1Br. The summed E-state index contributed by atoms with van der Waals surface area (Å²) in [6.07, 6.45) is 5.41. The van der Waals surface area contributed by atoms with Gasteiger partial charge in [-0.05, 0) is 35.2 Å². The van der Waals surface area contributed by atoms with E-state index in [1.165, 1.54) is 12.8 Å². The van der Waals surface area contributed by atoms with Gasteiger partial charge in [-0.2, -0.15) is 0 Å². The molecule has 3 nitrogen and oxygen atoms in total. The second-order valence-corrected chi connectivity index (χ2v) is 4.67. The van der Waals surface area contributed by atoms with E-state index in [0.717, 1.165) is 24.6 Å². The third-order valence-corrected chi connectivity index (χ3v) is 3.55. The largest absolute Gasteiger partial charge is 0.298 e. The van der Waals surface area contributed by atoms with Crippen LogP contribution < -0.4 is 5.56 Å². The quantitative estimate of drug-likeness (QED) is 0.831. The summed E-state index contributed by atoms with van der Waals surface area (Å²) >= 11 is 3.26. The van der Waals surface area contributed by atoms with Crippen LogP contribution in [0.25, 0.3) is 0 Å². The standard InChI is InChI=1S/C10H13BrN2O/c1-7-9(11)10(14)13(6-12-7)5-4-8-2-3-8/h6,8H,2-5H2,1H3. The third-order valence-electron chi connectivity index (χ3n) is 2.63. The van der Waals surface area contributed by atoms with Crippen molar-refractivity contribution in [2.75, 3.05) is 0 Å². The predicted molar refractivity (Wildman–Crippen MR) is 58.3 cm³/mol. The van der Waals surface area contributed by atoms with Crippen molar-refractivity contribution in [2.45, 2.75) is 32.7 Å². The van der Waals surface area contributed by atoms with Crippen LogP contribution in [-0.4, -0.2) is 9.55 Å². The summed E-state index contributed by atoms with van der Waals surface area (Å²) < 4.78 is 2.28. The maximum atomic E-state index is 11.7. The summed E-state index contributed by atoms with van der Waals surface area (Å²) in [6.45, 7) is 2.63. The van der Waals surface area contributed by atoms with Gasteiger partial charge < -0.3 is 0 Å². The molecule has 1 aliphatic carbocycles. The van der Waals surface area contributed by atoms with Crippen LogP contribution in [0.15, 0.2) is 15.6 Å². The zero-order valence-corrected chi connectivity index (χ0v) is 9.75. The van der Waals surface area contributed by atoms with Gasteiger partial charge in [0.2, 0.25) is 0 Å². The minimum Gasteiger partial charge on any atom is -0.298 e. The number of aryl methyl sites for hydroxylation is 2. The van der Waals surface area contributed by atoms with Gasteiger partial charge in [-0.3, -0.25) is 9.36 Å². The lowest BCUT2D eigenvalue weighted by molar-refractivity contribution is 0.570. The van der Waals surface area contributed by atoms with Crippen molar-refractivity contribution in [3.05, 3.63) is 26.8 Å². The summed E-state index contributed by atoms with van der Waals surface area (Å²) in [6, 6.07) is 0. The molecule has 0 aliphatic heterocycles. The highest BCUT2D eigenvalue weighted by atomic mass is 79.9. The Balaban J connectivity index is 2.16. The molecule has 0 spiro atoms. The molecule has 1 aromatic rings.